The van der Waals surface area contributed by atoms with Crippen LogP contribution in [-0.2, 0) is 43.6 Å². The van der Waals surface area contributed by atoms with Crippen molar-refractivity contribution < 1.29 is 21.6 Å². The molecule has 0 aromatic heterocycles. The van der Waals surface area contributed by atoms with E-state index in [9.17, 15) is 21.6 Å². The van der Waals surface area contributed by atoms with E-state index in [0.29, 0.717) is 18.5 Å². The van der Waals surface area contributed by atoms with Gasteiger partial charge >= 0.3 is 0 Å². The second kappa shape index (κ2) is 9.28. The fourth-order valence-electron chi connectivity index (χ4n) is 2.44. The highest BCUT2D eigenvalue weighted by atomic mass is 32.2. The smallest absolute Gasteiger partial charge is 0.238 e. The molecule has 0 bridgehead atoms. The van der Waals surface area contributed by atoms with Crippen LogP contribution in [0.5, 0.6) is 0 Å². The van der Waals surface area contributed by atoms with Crippen molar-refractivity contribution in [2.75, 3.05) is 7.05 Å². The molecule has 2 aromatic rings. The van der Waals surface area contributed by atoms with Gasteiger partial charge in [0, 0.05) is 13.0 Å². The van der Waals surface area contributed by atoms with Crippen LogP contribution < -0.4 is 15.2 Å². The summed E-state index contributed by atoms with van der Waals surface area (Å²) in [6.45, 7) is 0.336. The van der Waals surface area contributed by atoms with Gasteiger partial charge in [-0.15, -0.1) is 0 Å². The van der Waals surface area contributed by atoms with Gasteiger partial charge in [-0.05, 0) is 42.3 Å². The fourth-order valence-corrected chi connectivity index (χ4v) is 3.73. The monoisotopic (exact) mass is 425 g/mol. The van der Waals surface area contributed by atoms with Crippen molar-refractivity contribution in [1.82, 2.24) is 10.0 Å². The molecule has 0 aliphatic heterocycles. The maximum atomic E-state index is 12.0. The Balaban J connectivity index is 1.81. The van der Waals surface area contributed by atoms with Crippen molar-refractivity contribution in [1.29, 1.82) is 0 Å². The van der Waals surface area contributed by atoms with Crippen LogP contribution in [0.2, 0.25) is 0 Å². The van der Waals surface area contributed by atoms with Crippen LogP contribution in [0, 0.1) is 0 Å². The molecule has 0 spiro atoms. The number of aryl methyl sites for hydroxylation is 1. The highest BCUT2D eigenvalue weighted by molar-refractivity contribution is 7.89. The lowest BCUT2D eigenvalue weighted by molar-refractivity contribution is -0.121. The van der Waals surface area contributed by atoms with E-state index in [1.165, 1.54) is 19.2 Å². The molecular weight excluding hydrogens is 402 g/mol. The van der Waals surface area contributed by atoms with Crippen molar-refractivity contribution in [3.8, 4) is 0 Å². The second-order valence-corrected chi connectivity index (χ2v) is 9.73. The molecule has 10 heteroatoms. The van der Waals surface area contributed by atoms with Gasteiger partial charge in [-0.3, -0.25) is 4.79 Å². The molecule has 0 aliphatic rings. The highest BCUT2D eigenvalue weighted by Crippen LogP contribution is 2.11. The van der Waals surface area contributed by atoms with Crippen LogP contribution >= 0.6 is 0 Å². The Morgan fingerprint density at radius 1 is 0.893 bits per heavy atom. The SMILES string of the molecule is CNS(=O)(=O)Cc1ccc(CNC(=O)CCc2ccc(S(N)(=O)=O)cc2)cc1. The molecule has 0 radical (unpaired) electrons. The third-order valence-electron chi connectivity index (χ3n) is 4.07. The van der Waals surface area contributed by atoms with Crippen molar-refractivity contribution in [3.05, 3.63) is 65.2 Å². The van der Waals surface area contributed by atoms with Gasteiger partial charge in [-0.2, -0.15) is 0 Å². The lowest BCUT2D eigenvalue weighted by atomic mass is 10.1. The first kappa shape index (κ1) is 22.0. The normalized spacial score (nSPS) is 11.9. The maximum absolute atomic E-state index is 12.0. The van der Waals surface area contributed by atoms with Crippen molar-refractivity contribution in [3.63, 3.8) is 0 Å². The summed E-state index contributed by atoms with van der Waals surface area (Å²) in [4.78, 5) is 12.0. The Labute approximate surface area is 165 Å². The van der Waals surface area contributed by atoms with Crippen molar-refractivity contribution >= 4 is 26.0 Å². The largest absolute Gasteiger partial charge is 0.352 e. The molecule has 0 aliphatic carbocycles. The fraction of sp³-hybridized carbons (Fsp3) is 0.278. The molecule has 8 nitrogen and oxygen atoms in total. The predicted molar refractivity (Wildman–Crippen MR) is 106 cm³/mol. The minimum atomic E-state index is -3.72. The molecular formula is C18H23N3O5S2. The number of nitrogens with two attached hydrogens (primary N) is 1. The number of carbonyl (C=O) groups is 1. The summed E-state index contributed by atoms with van der Waals surface area (Å²) >= 11 is 0. The summed E-state index contributed by atoms with van der Waals surface area (Å²) in [5.41, 5.74) is 2.35. The van der Waals surface area contributed by atoms with Gasteiger partial charge < -0.3 is 5.32 Å². The number of rotatable bonds is 9. The van der Waals surface area contributed by atoms with Crippen LogP contribution in [0.1, 0.15) is 23.1 Å². The number of hydrogen-bond donors (Lipinski definition) is 3. The topological polar surface area (TPSA) is 135 Å². The minimum absolute atomic E-state index is 0.0340. The molecule has 152 valence electrons. The molecule has 0 unspecified atom stereocenters. The van der Waals surface area contributed by atoms with E-state index in [2.05, 4.69) is 10.0 Å². The van der Waals surface area contributed by atoms with Crippen LogP contribution in [0.3, 0.4) is 0 Å². The van der Waals surface area contributed by atoms with Gasteiger partial charge in [0.1, 0.15) is 0 Å². The zero-order valence-electron chi connectivity index (χ0n) is 15.4. The molecule has 0 saturated heterocycles. The summed E-state index contributed by atoms with van der Waals surface area (Å²) in [6, 6.07) is 13.1. The van der Waals surface area contributed by atoms with E-state index < -0.39 is 20.0 Å². The van der Waals surface area contributed by atoms with Crippen LogP contribution in [0.4, 0.5) is 0 Å². The molecule has 1 amide bonds. The number of hydrogen-bond acceptors (Lipinski definition) is 5. The third-order valence-corrected chi connectivity index (χ3v) is 6.34. The van der Waals surface area contributed by atoms with Crippen LogP contribution in [0.25, 0.3) is 0 Å². The summed E-state index contributed by atoms with van der Waals surface area (Å²) in [5.74, 6) is -0.238. The van der Waals surface area contributed by atoms with Crippen molar-refractivity contribution in [2.45, 2.75) is 30.0 Å². The number of benzene rings is 2. The summed E-state index contributed by atoms with van der Waals surface area (Å²) in [6.07, 6.45) is 0.727. The van der Waals surface area contributed by atoms with E-state index in [0.717, 1.165) is 11.1 Å². The Kier molecular flexibility index (Phi) is 7.30. The average Bonchev–Trinajstić information content (AvgIpc) is 2.65. The number of primary sulfonamides is 1. The summed E-state index contributed by atoms with van der Waals surface area (Å²) < 4.78 is 47.7. The Hall–Kier alpha value is -2.27. The minimum Gasteiger partial charge on any atom is -0.352 e. The van der Waals surface area contributed by atoms with E-state index in [1.54, 1.807) is 36.4 Å². The first-order valence-electron chi connectivity index (χ1n) is 8.46. The molecule has 0 heterocycles. The average molecular weight is 426 g/mol. The molecule has 0 saturated carbocycles. The van der Waals surface area contributed by atoms with Crippen molar-refractivity contribution in [2.24, 2.45) is 5.14 Å². The zero-order valence-corrected chi connectivity index (χ0v) is 17.0. The first-order chi connectivity index (χ1) is 13.1. The predicted octanol–water partition coefficient (Wildman–Crippen LogP) is 0.632. The number of amides is 1. The maximum Gasteiger partial charge on any atom is 0.238 e. The molecule has 0 fully saturated rings. The summed E-state index contributed by atoms with van der Waals surface area (Å²) in [5, 5.41) is 7.84. The highest BCUT2D eigenvalue weighted by Gasteiger charge is 2.09. The standard InChI is InChI=1S/C18H23N3O5S2/c1-20-27(23,24)13-16-4-2-15(3-5-16)12-21-18(22)11-8-14-6-9-17(10-7-14)28(19,25)26/h2-7,9-10,20H,8,11-13H2,1H3,(H,21,22)(H2,19,25,26). The summed E-state index contributed by atoms with van der Waals surface area (Å²) in [7, 11) is -5.67. The Morgan fingerprint density at radius 2 is 1.43 bits per heavy atom. The number of carbonyl (C=O) groups excluding carboxylic acids is 1. The third kappa shape index (κ3) is 7.04. The van der Waals surface area contributed by atoms with E-state index in [1.807, 2.05) is 0 Å². The van der Waals surface area contributed by atoms with E-state index in [4.69, 9.17) is 5.14 Å². The Bertz CT molecular complexity index is 1020. The lowest BCUT2D eigenvalue weighted by Crippen LogP contribution is -2.23. The van der Waals surface area contributed by atoms with Gasteiger partial charge in [0.25, 0.3) is 0 Å². The van der Waals surface area contributed by atoms with Gasteiger partial charge in [0.2, 0.25) is 26.0 Å². The van der Waals surface area contributed by atoms with Gasteiger partial charge in [0.15, 0.2) is 0 Å². The quantitative estimate of drug-likeness (QED) is 0.541. The molecule has 2 rings (SSSR count). The van der Waals surface area contributed by atoms with E-state index >= 15 is 0 Å². The molecule has 0 atom stereocenters. The molecule has 2 aromatic carbocycles. The first-order valence-corrected chi connectivity index (χ1v) is 11.7. The van der Waals surface area contributed by atoms with Crippen LogP contribution in [0.15, 0.2) is 53.4 Å². The number of sulfonamides is 2. The number of nitrogens with one attached hydrogen (secondary N) is 2. The second-order valence-electron chi connectivity index (χ2n) is 6.25. The van der Waals surface area contributed by atoms with Crippen LogP contribution in [-0.4, -0.2) is 29.8 Å². The zero-order chi connectivity index (χ0) is 20.8. The van der Waals surface area contributed by atoms with Gasteiger partial charge in [-0.1, -0.05) is 36.4 Å². The van der Waals surface area contributed by atoms with Gasteiger partial charge in [0.05, 0.1) is 10.6 Å². The Morgan fingerprint density at radius 3 is 1.96 bits per heavy atom. The van der Waals surface area contributed by atoms with E-state index in [-0.39, 0.29) is 23.0 Å². The van der Waals surface area contributed by atoms with Gasteiger partial charge in [-0.25, -0.2) is 26.7 Å². The lowest BCUT2D eigenvalue weighted by Gasteiger charge is -2.07. The molecule has 28 heavy (non-hydrogen) atoms. The molecule has 4 N–H and O–H groups in total.